The maximum atomic E-state index is 11.5. The van der Waals surface area contributed by atoms with E-state index in [1.54, 1.807) is 30.6 Å². The van der Waals surface area contributed by atoms with Crippen LogP contribution in [0.25, 0.3) is 0 Å². The lowest BCUT2D eigenvalue weighted by molar-refractivity contribution is 0.0591. The Balaban J connectivity index is 0.000000195. The van der Waals surface area contributed by atoms with E-state index in [-0.39, 0.29) is 11.9 Å². The molecule has 4 aromatic heterocycles. The first kappa shape index (κ1) is 45.0. The van der Waals surface area contributed by atoms with Crippen LogP contribution < -0.4 is 5.32 Å². The predicted molar refractivity (Wildman–Crippen MR) is 229 cm³/mol. The van der Waals surface area contributed by atoms with Crippen LogP contribution in [0, 0.1) is 0 Å². The first-order chi connectivity index (χ1) is 28.5. The van der Waals surface area contributed by atoms with Gasteiger partial charge in [0.15, 0.2) is 0 Å². The molecule has 0 unspecified atom stereocenters. The molecule has 0 radical (unpaired) electrons. The summed E-state index contributed by atoms with van der Waals surface area (Å²) in [6, 6.07) is 39.7. The molecular weight excluding hydrogens is 796 g/mol. The van der Waals surface area contributed by atoms with Crippen LogP contribution in [0.2, 0.25) is 0 Å². The first-order valence-corrected chi connectivity index (χ1v) is 20.1. The Kier molecular flexibility index (Phi) is 21.0. The summed E-state index contributed by atoms with van der Waals surface area (Å²) < 4.78 is 14.2. The second kappa shape index (κ2) is 27.1. The van der Waals surface area contributed by atoms with Gasteiger partial charge in [-0.3, -0.25) is 24.8 Å². The lowest BCUT2D eigenvalue weighted by atomic mass is 10.2. The highest BCUT2D eigenvalue weighted by molar-refractivity contribution is 9.08. The molecule has 302 valence electrons. The van der Waals surface area contributed by atoms with E-state index < -0.39 is 0 Å². The number of carbonyl (C=O) groups is 2. The van der Waals surface area contributed by atoms with Crippen molar-refractivity contribution in [3.8, 4) is 0 Å². The second-order valence-electron chi connectivity index (χ2n) is 12.9. The van der Waals surface area contributed by atoms with Gasteiger partial charge in [-0.25, -0.2) is 9.59 Å². The number of hydrogen-bond acceptors (Lipinski definition) is 11. The summed E-state index contributed by atoms with van der Waals surface area (Å²) in [5, 5.41) is 4.04. The monoisotopic (exact) mass is 846 g/mol. The van der Waals surface area contributed by atoms with Crippen LogP contribution in [0.1, 0.15) is 67.5 Å². The Bertz CT molecular complexity index is 1900. The summed E-state index contributed by atoms with van der Waals surface area (Å²) in [7, 11) is 2.71. The van der Waals surface area contributed by atoms with Gasteiger partial charge < -0.3 is 19.5 Å². The molecule has 0 saturated carbocycles. The van der Waals surface area contributed by atoms with Gasteiger partial charge in [0.25, 0.3) is 0 Å². The minimum Gasteiger partial charge on any atom is -0.465 e. The standard InChI is InChI=1S/C21H21N3O2.C13H14N2.C8H8BrNO2.C4H8O/c1-26-21(25)18-10-11-20(23-13-18)16-24(14-17-7-3-2-4-8-17)15-19-9-5-6-12-22-19;1-2-6-12(7-3-1)10-14-11-13-8-4-5-9-15-13;1-12-8(11)6-2-3-7(4-9)10-5-6;1-2-4-5-3-1/h2-13H,14-16H2,1H3;1-9,14H,10-11H2;2-3,5H,4H2,1H3;1-4H2. The zero-order valence-corrected chi connectivity index (χ0v) is 34.7. The predicted octanol–water partition coefficient (Wildman–Crippen LogP) is 8.40. The topological polar surface area (TPSA) is 129 Å². The second-order valence-corrected chi connectivity index (χ2v) is 13.4. The number of rotatable bonds is 13. The molecule has 0 atom stereocenters. The quantitative estimate of drug-likeness (QED) is 0.0889. The van der Waals surface area contributed by atoms with Gasteiger partial charge in [0.2, 0.25) is 0 Å². The van der Waals surface area contributed by atoms with Crippen molar-refractivity contribution in [1.82, 2.24) is 30.2 Å². The van der Waals surface area contributed by atoms with Crippen molar-refractivity contribution >= 4 is 27.9 Å². The maximum absolute atomic E-state index is 11.5. The van der Waals surface area contributed by atoms with E-state index >= 15 is 0 Å². The molecule has 58 heavy (non-hydrogen) atoms. The molecule has 12 heteroatoms. The highest BCUT2D eigenvalue weighted by atomic mass is 79.9. The number of nitrogens with zero attached hydrogens (tertiary/aromatic N) is 5. The normalized spacial score (nSPS) is 11.4. The van der Waals surface area contributed by atoms with Crippen molar-refractivity contribution in [2.45, 2.75) is 50.9 Å². The third kappa shape index (κ3) is 17.6. The van der Waals surface area contributed by atoms with Crippen molar-refractivity contribution in [2.24, 2.45) is 0 Å². The third-order valence-electron chi connectivity index (χ3n) is 8.41. The lowest BCUT2D eigenvalue weighted by Gasteiger charge is -2.22. The Morgan fingerprint density at radius 3 is 1.53 bits per heavy atom. The average molecular weight is 848 g/mol. The molecular formula is C46H51BrN6O5. The summed E-state index contributed by atoms with van der Waals surface area (Å²) >= 11 is 3.26. The van der Waals surface area contributed by atoms with Crippen molar-refractivity contribution in [1.29, 1.82) is 0 Å². The smallest absolute Gasteiger partial charge is 0.339 e. The minimum atomic E-state index is -0.376. The average Bonchev–Trinajstić information content (AvgIpc) is 3.89. The number of esters is 2. The molecule has 1 aliphatic heterocycles. The van der Waals surface area contributed by atoms with Gasteiger partial charge in [0, 0.05) is 76.1 Å². The zero-order valence-electron chi connectivity index (χ0n) is 33.1. The highest BCUT2D eigenvalue weighted by Gasteiger charge is 2.12. The molecule has 5 heterocycles. The number of methoxy groups -OCH3 is 2. The van der Waals surface area contributed by atoms with E-state index in [9.17, 15) is 9.59 Å². The third-order valence-corrected chi connectivity index (χ3v) is 8.98. The number of aromatic nitrogens is 4. The fourth-order valence-corrected chi connectivity index (χ4v) is 5.73. The minimum absolute atomic E-state index is 0.358. The summed E-state index contributed by atoms with van der Waals surface area (Å²) in [6.45, 7) is 5.87. The molecule has 0 aliphatic carbocycles. The number of pyridine rings is 4. The van der Waals surface area contributed by atoms with E-state index in [1.807, 2.05) is 72.9 Å². The molecule has 1 fully saturated rings. The molecule has 2 aromatic carbocycles. The van der Waals surface area contributed by atoms with E-state index in [0.717, 1.165) is 62.2 Å². The molecule has 0 amide bonds. The van der Waals surface area contributed by atoms with Crippen molar-refractivity contribution in [3.05, 3.63) is 191 Å². The van der Waals surface area contributed by atoms with Gasteiger partial charge in [-0.1, -0.05) is 88.7 Å². The van der Waals surface area contributed by atoms with Crippen molar-refractivity contribution in [3.63, 3.8) is 0 Å². The molecule has 6 aromatic rings. The molecule has 7 rings (SSSR count). The van der Waals surface area contributed by atoms with E-state index in [4.69, 9.17) is 9.47 Å². The largest absolute Gasteiger partial charge is 0.465 e. The van der Waals surface area contributed by atoms with E-state index in [0.29, 0.717) is 23.0 Å². The SMILES string of the molecule is C1CCOC1.COC(=O)c1ccc(CBr)nc1.COC(=O)c1ccc(CN(Cc2ccccc2)Cc2ccccn2)nc1.c1ccc(CNCc2ccccn2)cc1. The number of nitrogens with one attached hydrogen (secondary N) is 1. The van der Waals surface area contributed by atoms with Gasteiger partial charge in [0.1, 0.15) is 0 Å². The fraction of sp³-hybridized carbons (Fsp3) is 0.261. The molecule has 11 nitrogen and oxygen atoms in total. The number of alkyl halides is 1. The summed E-state index contributed by atoms with van der Waals surface area (Å²) in [4.78, 5) is 41.9. The zero-order chi connectivity index (χ0) is 41.0. The Labute approximate surface area is 350 Å². The lowest BCUT2D eigenvalue weighted by Crippen LogP contribution is -2.23. The van der Waals surface area contributed by atoms with Crippen molar-refractivity contribution in [2.75, 3.05) is 27.4 Å². The first-order valence-electron chi connectivity index (χ1n) is 19.0. The number of carbonyl (C=O) groups excluding carboxylic acids is 2. The van der Waals surface area contributed by atoms with Gasteiger partial charge in [-0.15, -0.1) is 0 Å². The molecule has 1 N–H and O–H groups in total. The molecule has 1 aliphatic rings. The van der Waals surface area contributed by atoms with Crippen LogP contribution in [0.3, 0.4) is 0 Å². The number of hydrogen-bond donors (Lipinski definition) is 1. The Morgan fingerprint density at radius 1 is 0.586 bits per heavy atom. The van der Waals surface area contributed by atoms with Crippen molar-refractivity contribution < 1.29 is 23.8 Å². The Morgan fingerprint density at radius 2 is 1.09 bits per heavy atom. The van der Waals surface area contributed by atoms with Crippen LogP contribution in [0.4, 0.5) is 0 Å². The van der Waals surface area contributed by atoms with Gasteiger partial charge in [-0.05, 0) is 72.5 Å². The van der Waals surface area contributed by atoms with Gasteiger partial charge >= 0.3 is 11.9 Å². The van der Waals surface area contributed by atoms with Crippen LogP contribution in [0.15, 0.2) is 146 Å². The fourth-order valence-electron chi connectivity index (χ4n) is 5.40. The number of halogens is 1. The molecule has 1 saturated heterocycles. The molecule has 0 bridgehead atoms. The van der Waals surface area contributed by atoms with Crippen LogP contribution in [0.5, 0.6) is 0 Å². The summed E-state index contributed by atoms with van der Waals surface area (Å²) in [5.41, 5.74) is 7.33. The van der Waals surface area contributed by atoms with E-state index in [2.05, 4.69) is 87.2 Å². The summed E-state index contributed by atoms with van der Waals surface area (Å²) in [6.07, 6.45) is 9.24. The summed E-state index contributed by atoms with van der Waals surface area (Å²) in [5.74, 6) is -0.734. The highest BCUT2D eigenvalue weighted by Crippen LogP contribution is 2.13. The maximum Gasteiger partial charge on any atom is 0.339 e. The van der Waals surface area contributed by atoms with Gasteiger partial charge in [0.05, 0.1) is 48.1 Å². The van der Waals surface area contributed by atoms with E-state index in [1.165, 1.54) is 44.4 Å². The van der Waals surface area contributed by atoms with Crippen LogP contribution in [-0.2, 0) is 52.3 Å². The Hall–Kier alpha value is -5.66. The van der Waals surface area contributed by atoms with Crippen LogP contribution in [-0.4, -0.2) is 64.2 Å². The van der Waals surface area contributed by atoms with Crippen LogP contribution >= 0.6 is 15.9 Å². The molecule has 0 spiro atoms. The number of ether oxygens (including phenoxy) is 3. The van der Waals surface area contributed by atoms with Gasteiger partial charge in [-0.2, -0.15) is 0 Å². The number of benzene rings is 2.